The predicted octanol–water partition coefficient (Wildman–Crippen LogP) is 10.7. The summed E-state index contributed by atoms with van der Waals surface area (Å²) in [7, 11) is 0. The molecule has 0 N–H and O–H groups in total. The van der Waals surface area contributed by atoms with E-state index in [0.717, 1.165) is 0 Å². The Kier molecular flexibility index (Phi) is 5.85. The molecule has 0 amide bonds. The molecule has 0 atom stereocenters. The Hall–Kier alpha value is -3.64. The summed E-state index contributed by atoms with van der Waals surface area (Å²) < 4.78 is 0. The minimum absolute atomic E-state index is 0.00959. The number of fused-ring (bicyclic) bond motifs is 10. The quantitative estimate of drug-likeness (QED) is 0.158. The van der Waals surface area contributed by atoms with Gasteiger partial charge in [0.05, 0.1) is 0 Å². The lowest BCUT2D eigenvalue weighted by Crippen LogP contribution is -2.14. The van der Waals surface area contributed by atoms with Gasteiger partial charge in [-0.1, -0.05) is 126 Å². The molecule has 35 heavy (non-hydrogen) atoms. The Labute approximate surface area is 209 Å². The molecular weight excluding hydrogens is 420 g/mol. The highest BCUT2D eigenvalue weighted by molar-refractivity contribution is 6.18. The maximum absolute atomic E-state index is 2.40. The monoisotopic (exact) mass is 454 g/mol. The molecule has 0 heterocycles. The highest BCUT2D eigenvalue weighted by Crippen LogP contribution is 2.54. The molecule has 0 radical (unpaired) electrons. The lowest BCUT2D eigenvalue weighted by atomic mass is 9.81. The molecule has 0 aromatic heterocycles. The van der Waals surface area contributed by atoms with Crippen molar-refractivity contribution in [3.63, 3.8) is 0 Å². The molecule has 6 aromatic carbocycles. The largest absolute Gasteiger partial charge is 0.0683 e. The van der Waals surface area contributed by atoms with E-state index >= 15 is 0 Å². The van der Waals surface area contributed by atoms with E-state index in [9.17, 15) is 0 Å². The van der Waals surface area contributed by atoms with Gasteiger partial charge >= 0.3 is 0 Å². The highest BCUT2D eigenvalue weighted by atomic mass is 14.4. The van der Waals surface area contributed by atoms with Crippen LogP contribution in [-0.4, -0.2) is 0 Å². The number of rotatable bonds is 0. The van der Waals surface area contributed by atoms with Gasteiger partial charge in [0, 0.05) is 5.41 Å². The van der Waals surface area contributed by atoms with Crippen LogP contribution in [0, 0.1) is 0 Å². The van der Waals surface area contributed by atoms with Crippen molar-refractivity contribution < 1.29 is 0 Å². The highest BCUT2D eigenvalue weighted by Gasteiger charge is 2.37. The summed E-state index contributed by atoms with van der Waals surface area (Å²) in [6.45, 7) is 12.7. The molecule has 0 saturated heterocycles. The van der Waals surface area contributed by atoms with Gasteiger partial charge in [-0.3, -0.25) is 0 Å². The van der Waals surface area contributed by atoms with Crippen LogP contribution in [-0.2, 0) is 5.41 Å². The Morgan fingerprint density at radius 3 is 1.63 bits per heavy atom. The van der Waals surface area contributed by atoms with Crippen molar-refractivity contribution in [3.05, 3.63) is 108 Å². The molecule has 0 spiro atoms. The fourth-order valence-corrected chi connectivity index (χ4v) is 5.83. The third-order valence-electron chi connectivity index (χ3n) is 7.41. The molecule has 1 aliphatic rings. The smallest absolute Gasteiger partial charge is 0.0159 e. The molecule has 0 fully saturated rings. The van der Waals surface area contributed by atoms with Gasteiger partial charge in [0.1, 0.15) is 0 Å². The lowest BCUT2D eigenvalue weighted by molar-refractivity contribution is 0.661. The van der Waals surface area contributed by atoms with E-state index in [1.165, 1.54) is 65.3 Å². The summed E-state index contributed by atoms with van der Waals surface area (Å²) in [4.78, 5) is 0. The number of hydrogen-bond acceptors (Lipinski definition) is 0. The van der Waals surface area contributed by atoms with Crippen LogP contribution in [0.4, 0.5) is 0 Å². The van der Waals surface area contributed by atoms with Crippen molar-refractivity contribution in [2.45, 2.75) is 47.0 Å². The summed E-state index contributed by atoms with van der Waals surface area (Å²) in [5, 5.41) is 10.6. The standard InChI is InChI=1S/C31H22.2C2H6/c1-31(2)27-15-12-22-17-20-8-3-4-9-21(20)18-26(22)30(27)29-25-13-11-19-7-5-6-10-23(19)24(25)14-16-28(29)31;2*1-2/h3-18H,1-2H3;2*1-2H3. The van der Waals surface area contributed by atoms with Crippen LogP contribution in [0.25, 0.3) is 54.2 Å². The Bertz CT molecular complexity index is 1670. The van der Waals surface area contributed by atoms with E-state index in [0.29, 0.717) is 0 Å². The average Bonchev–Trinajstić information content (AvgIpc) is 3.16. The second-order valence-electron chi connectivity index (χ2n) is 9.40. The van der Waals surface area contributed by atoms with Crippen molar-refractivity contribution in [1.29, 1.82) is 0 Å². The first-order chi connectivity index (χ1) is 17.1. The van der Waals surface area contributed by atoms with Crippen molar-refractivity contribution in [2.75, 3.05) is 0 Å². The zero-order valence-corrected chi connectivity index (χ0v) is 21.7. The van der Waals surface area contributed by atoms with Crippen LogP contribution >= 0.6 is 0 Å². The van der Waals surface area contributed by atoms with Gasteiger partial charge in [-0.2, -0.15) is 0 Å². The first kappa shape index (κ1) is 23.1. The third-order valence-corrected chi connectivity index (χ3v) is 7.41. The van der Waals surface area contributed by atoms with Crippen molar-refractivity contribution >= 4 is 43.1 Å². The van der Waals surface area contributed by atoms with E-state index in [2.05, 4.69) is 111 Å². The maximum Gasteiger partial charge on any atom is 0.0159 e. The summed E-state index contributed by atoms with van der Waals surface area (Å²) >= 11 is 0. The third kappa shape index (κ3) is 3.35. The molecule has 0 saturated carbocycles. The van der Waals surface area contributed by atoms with Gasteiger partial charge in [-0.05, 0) is 77.5 Å². The summed E-state index contributed by atoms with van der Waals surface area (Å²) in [5.74, 6) is 0. The molecule has 0 heteroatoms. The van der Waals surface area contributed by atoms with Gasteiger partial charge in [0.2, 0.25) is 0 Å². The SMILES string of the molecule is CC.CC.CC1(C)c2ccc3cc4ccccc4cc3c2-c2c1ccc1c2ccc2ccccc21. The van der Waals surface area contributed by atoms with Crippen LogP contribution < -0.4 is 0 Å². The molecule has 7 rings (SSSR count). The minimum Gasteiger partial charge on any atom is -0.0683 e. The van der Waals surface area contributed by atoms with E-state index in [1.54, 1.807) is 0 Å². The predicted molar refractivity (Wildman–Crippen MR) is 157 cm³/mol. The van der Waals surface area contributed by atoms with Crippen LogP contribution in [0.2, 0.25) is 0 Å². The second kappa shape index (κ2) is 8.86. The first-order valence-electron chi connectivity index (χ1n) is 13.0. The van der Waals surface area contributed by atoms with Crippen LogP contribution in [0.15, 0.2) is 97.1 Å². The molecule has 0 aliphatic heterocycles. The Morgan fingerprint density at radius 1 is 0.400 bits per heavy atom. The van der Waals surface area contributed by atoms with Gasteiger partial charge in [0.25, 0.3) is 0 Å². The van der Waals surface area contributed by atoms with Gasteiger partial charge < -0.3 is 0 Å². The molecule has 6 aromatic rings. The maximum atomic E-state index is 2.40. The fourth-order valence-electron chi connectivity index (χ4n) is 5.83. The first-order valence-corrected chi connectivity index (χ1v) is 13.0. The van der Waals surface area contributed by atoms with Gasteiger partial charge in [-0.15, -0.1) is 0 Å². The zero-order valence-electron chi connectivity index (χ0n) is 21.7. The van der Waals surface area contributed by atoms with E-state index in [4.69, 9.17) is 0 Å². The summed E-state index contributed by atoms with van der Waals surface area (Å²) in [6, 6.07) is 36.2. The molecule has 0 bridgehead atoms. The van der Waals surface area contributed by atoms with E-state index < -0.39 is 0 Å². The van der Waals surface area contributed by atoms with Crippen molar-refractivity contribution in [2.24, 2.45) is 0 Å². The Morgan fingerprint density at radius 2 is 0.914 bits per heavy atom. The number of benzene rings is 6. The summed E-state index contributed by atoms with van der Waals surface area (Å²) in [6.07, 6.45) is 0. The molecular formula is C35H34. The van der Waals surface area contributed by atoms with Crippen molar-refractivity contribution in [3.8, 4) is 11.1 Å². The zero-order chi connectivity index (χ0) is 24.7. The molecule has 0 nitrogen and oxygen atoms in total. The van der Waals surface area contributed by atoms with E-state index in [1.807, 2.05) is 27.7 Å². The van der Waals surface area contributed by atoms with Gasteiger partial charge in [-0.25, -0.2) is 0 Å². The minimum atomic E-state index is -0.00959. The topological polar surface area (TPSA) is 0 Å². The molecule has 174 valence electrons. The molecule has 1 aliphatic carbocycles. The summed E-state index contributed by atoms with van der Waals surface area (Å²) in [5.41, 5.74) is 5.70. The van der Waals surface area contributed by atoms with Crippen LogP contribution in [0.3, 0.4) is 0 Å². The second-order valence-corrected chi connectivity index (χ2v) is 9.40. The number of hydrogen-bond donors (Lipinski definition) is 0. The van der Waals surface area contributed by atoms with Gasteiger partial charge in [0.15, 0.2) is 0 Å². The molecule has 0 unspecified atom stereocenters. The average molecular weight is 455 g/mol. The van der Waals surface area contributed by atoms with Crippen molar-refractivity contribution in [1.82, 2.24) is 0 Å². The van der Waals surface area contributed by atoms with Crippen LogP contribution in [0.5, 0.6) is 0 Å². The fraction of sp³-hybridized carbons (Fsp3) is 0.200. The van der Waals surface area contributed by atoms with E-state index in [-0.39, 0.29) is 5.41 Å². The normalized spacial score (nSPS) is 13.1. The van der Waals surface area contributed by atoms with Crippen LogP contribution in [0.1, 0.15) is 52.7 Å². The Balaban J connectivity index is 0.000000605. The lowest BCUT2D eigenvalue weighted by Gasteiger charge is -2.22.